The molecule has 0 aromatic carbocycles. The fraction of sp³-hybridized carbons (Fsp3) is 0.250. The number of methoxy groups -OCH3 is 1. The van der Waals surface area contributed by atoms with E-state index in [0.717, 1.165) is 48.3 Å². The molecule has 0 amide bonds. The van der Waals surface area contributed by atoms with Gasteiger partial charge < -0.3 is 19.8 Å². The summed E-state index contributed by atoms with van der Waals surface area (Å²) in [6.45, 7) is 5.90. The molecular formula is C20H21N3O2S. The number of hydrogen-bond acceptors (Lipinski definition) is 4. The van der Waals surface area contributed by atoms with Crippen LogP contribution in [-0.4, -0.2) is 22.2 Å². The average Bonchev–Trinajstić information content (AvgIpc) is 3.30. The Hall–Kier alpha value is -2.57. The molecule has 0 fully saturated rings. The molecule has 0 saturated heterocycles. The topological polar surface area (TPSA) is 73.4 Å². The first-order valence-corrected chi connectivity index (χ1v) is 9.30. The first kappa shape index (κ1) is 16.9. The molecule has 1 unspecified atom stereocenters. The van der Waals surface area contributed by atoms with Gasteiger partial charge in [-0.15, -0.1) is 11.3 Å². The second kappa shape index (κ2) is 6.30. The van der Waals surface area contributed by atoms with Crippen LogP contribution in [0.3, 0.4) is 0 Å². The van der Waals surface area contributed by atoms with Gasteiger partial charge in [-0.05, 0) is 50.6 Å². The molecule has 0 bridgehead atoms. The van der Waals surface area contributed by atoms with Crippen molar-refractivity contribution in [1.82, 2.24) is 9.97 Å². The van der Waals surface area contributed by atoms with Crippen LogP contribution < -0.4 is 25.3 Å². The number of ether oxygens (including phenoxy) is 1. The fourth-order valence-corrected chi connectivity index (χ4v) is 4.12. The van der Waals surface area contributed by atoms with Crippen molar-refractivity contribution < 1.29 is 9.84 Å². The second-order valence-electron chi connectivity index (χ2n) is 6.57. The standard InChI is InChI=1S/C20H21N3O2S/c1-10-5-11(2)21-13(10)6-16-18(25-4)7-14(22-16)15-8-20-17(23-15)9-19(26-20)12(3)24/h5-9,12,21-22,24H,1-4H3/b15-14-,16-6-. The molecule has 5 nitrogen and oxygen atoms in total. The van der Waals surface area contributed by atoms with Gasteiger partial charge in [-0.25, -0.2) is 4.99 Å². The molecule has 4 heterocycles. The van der Waals surface area contributed by atoms with Crippen molar-refractivity contribution in [3.8, 4) is 5.75 Å². The number of hydrogen-bond donors (Lipinski definition) is 3. The molecule has 0 aliphatic carbocycles. The minimum absolute atomic E-state index is 0.461. The molecule has 6 heteroatoms. The predicted molar refractivity (Wildman–Crippen MR) is 104 cm³/mol. The highest BCUT2D eigenvalue weighted by Crippen LogP contribution is 2.15. The van der Waals surface area contributed by atoms with Crippen molar-refractivity contribution in [3.05, 3.63) is 60.6 Å². The first-order chi connectivity index (χ1) is 12.4. The zero-order chi connectivity index (χ0) is 18.4. The Morgan fingerprint density at radius 3 is 2.65 bits per heavy atom. The molecule has 0 spiro atoms. The highest BCUT2D eigenvalue weighted by Gasteiger charge is 2.11. The van der Waals surface area contributed by atoms with Crippen LogP contribution in [0.2, 0.25) is 0 Å². The molecule has 3 aromatic rings. The maximum absolute atomic E-state index is 9.72. The molecule has 3 N–H and O–H groups in total. The number of aliphatic hydroxyl groups excluding tert-OH is 1. The maximum atomic E-state index is 9.72. The van der Waals surface area contributed by atoms with E-state index in [1.54, 1.807) is 25.4 Å². The lowest BCUT2D eigenvalue weighted by molar-refractivity contribution is 0.203. The van der Waals surface area contributed by atoms with E-state index >= 15 is 0 Å². The van der Waals surface area contributed by atoms with Crippen molar-refractivity contribution in [2.45, 2.75) is 26.9 Å². The molecule has 134 valence electrons. The van der Waals surface area contributed by atoms with Gasteiger partial charge in [0.1, 0.15) is 5.75 Å². The molecule has 0 radical (unpaired) electrons. The van der Waals surface area contributed by atoms with Gasteiger partial charge in [0.05, 0.1) is 39.5 Å². The number of aryl methyl sites for hydroxylation is 2. The summed E-state index contributed by atoms with van der Waals surface area (Å²) in [5.74, 6) is 0.780. The summed E-state index contributed by atoms with van der Waals surface area (Å²) in [6.07, 6.45) is 3.64. The summed E-state index contributed by atoms with van der Waals surface area (Å²) < 4.78 is 6.61. The summed E-state index contributed by atoms with van der Waals surface area (Å²) in [4.78, 5) is 12.4. The Kier molecular flexibility index (Phi) is 4.09. The molecule has 0 saturated carbocycles. The normalized spacial score (nSPS) is 17.0. The third-order valence-electron chi connectivity index (χ3n) is 4.46. The monoisotopic (exact) mass is 367 g/mol. The van der Waals surface area contributed by atoms with Crippen LogP contribution in [0.15, 0.2) is 23.2 Å². The Morgan fingerprint density at radius 2 is 2.04 bits per heavy atom. The molecule has 1 aliphatic heterocycles. The van der Waals surface area contributed by atoms with E-state index in [1.807, 2.05) is 25.1 Å². The molecule has 1 atom stereocenters. The lowest BCUT2D eigenvalue weighted by Crippen LogP contribution is -2.12. The van der Waals surface area contributed by atoms with Crippen molar-refractivity contribution >= 4 is 29.2 Å². The number of nitrogens with zero attached hydrogens (tertiary/aromatic N) is 1. The van der Waals surface area contributed by atoms with Crippen LogP contribution in [0.4, 0.5) is 0 Å². The van der Waals surface area contributed by atoms with E-state index < -0.39 is 6.10 Å². The van der Waals surface area contributed by atoms with Gasteiger partial charge in [0, 0.05) is 22.3 Å². The molecule has 3 aromatic heterocycles. The van der Waals surface area contributed by atoms with Crippen molar-refractivity contribution in [2.75, 3.05) is 7.11 Å². The summed E-state index contributed by atoms with van der Waals surface area (Å²) >= 11 is 1.57. The van der Waals surface area contributed by atoms with Crippen LogP contribution >= 0.6 is 11.3 Å². The van der Waals surface area contributed by atoms with Crippen LogP contribution in [-0.2, 0) is 0 Å². The van der Waals surface area contributed by atoms with Crippen molar-refractivity contribution in [3.63, 3.8) is 0 Å². The predicted octanol–water partition coefficient (Wildman–Crippen LogP) is 1.13. The minimum atomic E-state index is -0.461. The third-order valence-corrected chi connectivity index (χ3v) is 5.71. The van der Waals surface area contributed by atoms with Gasteiger partial charge in [-0.3, -0.25) is 0 Å². The number of rotatable bonds is 3. The number of nitrogens with one attached hydrogen (secondary N) is 2. The fourth-order valence-electron chi connectivity index (χ4n) is 3.14. The molecule has 26 heavy (non-hydrogen) atoms. The van der Waals surface area contributed by atoms with E-state index in [0.29, 0.717) is 0 Å². The maximum Gasteiger partial charge on any atom is 0.144 e. The van der Waals surface area contributed by atoms with Gasteiger partial charge in [0.15, 0.2) is 0 Å². The van der Waals surface area contributed by atoms with E-state index in [1.165, 1.54) is 5.56 Å². The van der Waals surface area contributed by atoms with Crippen LogP contribution in [0.25, 0.3) is 17.8 Å². The van der Waals surface area contributed by atoms with Gasteiger partial charge in [-0.2, -0.15) is 0 Å². The Labute approximate surface area is 154 Å². The summed E-state index contributed by atoms with van der Waals surface area (Å²) in [5.41, 5.74) is 4.26. The smallest absolute Gasteiger partial charge is 0.144 e. The van der Waals surface area contributed by atoms with Gasteiger partial charge in [-0.1, -0.05) is 0 Å². The summed E-state index contributed by atoms with van der Waals surface area (Å²) in [5, 5.41) is 12.4. The van der Waals surface area contributed by atoms with Crippen molar-refractivity contribution in [2.24, 2.45) is 4.99 Å². The highest BCUT2D eigenvalue weighted by molar-refractivity contribution is 7.10. The number of fused-ring (bicyclic) bond motifs is 1. The van der Waals surface area contributed by atoms with Crippen LogP contribution in [0, 0.1) is 13.8 Å². The van der Waals surface area contributed by atoms with E-state index in [9.17, 15) is 5.11 Å². The van der Waals surface area contributed by atoms with Crippen LogP contribution in [0.5, 0.6) is 5.75 Å². The number of thiophene rings is 1. The summed E-state index contributed by atoms with van der Waals surface area (Å²) in [6, 6.07) is 6.04. The Bertz CT molecular complexity index is 1190. The van der Waals surface area contributed by atoms with Crippen LogP contribution in [0.1, 0.15) is 34.9 Å². The number of aromatic amines is 2. The molecular weight excluding hydrogens is 346 g/mol. The Morgan fingerprint density at radius 1 is 1.23 bits per heavy atom. The van der Waals surface area contributed by atoms with E-state index in [-0.39, 0.29) is 0 Å². The second-order valence-corrected chi connectivity index (χ2v) is 7.69. The lowest BCUT2D eigenvalue weighted by Gasteiger charge is -1.96. The summed E-state index contributed by atoms with van der Waals surface area (Å²) in [7, 11) is 1.67. The zero-order valence-electron chi connectivity index (χ0n) is 15.2. The number of H-pyrrole nitrogens is 2. The zero-order valence-corrected chi connectivity index (χ0v) is 16.0. The number of aliphatic hydroxyl groups is 1. The third kappa shape index (κ3) is 2.91. The van der Waals surface area contributed by atoms with E-state index in [2.05, 4.69) is 29.0 Å². The molecule has 4 rings (SSSR count). The van der Waals surface area contributed by atoms with E-state index in [4.69, 9.17) is 9.73 Å². The SMILES string of the molecule is COc1c/c(=C2\C=c3sc(C(C)O)cc3=N2)[nH]/c1=C\c1[nH]c(C)cc1C. The largest absolute Gasteiger partial charge is 0.494 e. The quantitative estimate of drug-likeness (QED) is 0.649. The minimum Gasteiger partial charge on any atom is -0.494 e. The van der Waals surface area contributed by atoms with Gasteiger partial charge in [0.25, 0.3) is 0 Å². The van der Waals surface area contributed by atoms with Gasteiger partial charge >= 0.3 is 0 Å². The average molecular weight is 367 g/mol. The van der Waals surface area contributed by atoms with Gasteiger partial charge in [0.2, 0.25) is 0 Å². The first-order valence-electron chi connectivity index (χ1n) is 8.48. The number of aromatic nitrogens is 2. The lowest BCUT2D eigenvalue weighted by atomic mass is 10.2. The van der Waals surface area contributed by atoms with Crippen molar-refractivity contribution in [1.29, 1.82) is 0 Å². The highest BCUT2D eigenvalue weighted by atomic mass is 32.1. The Balaban J connectivity index is 1.85. The molecule has 1 aliphatic rings.